The molecule has 9 heteroatoms. The van der Waals surface area contributed by atoms with Crippen molar-refractivity contribution in [1.82, 2.24) is 5.32 Å². The van der Waals surface area contributed by atoms with E-state index in [-0.39, 0.29) is 12.5 Å². The normalized spacial score (nSPS) is 11.0. The highest BCUT2D eigenvalue weighted by Crippen LogP contribution is 2.26. The van der Waals surface area contributed by atoms with E-state index in [0.29, 0.717) is 35.9 Å². The lowest BCUT2D eigenvalue weighted by Crippen LogP contribution is -2.29. The number of amides is 1. The Kier molecular flexibility index (Phi) is 8.35. The third kappa shape index (κ3) is 6.97. The first kappa shape index (κ1) is 24.6. The number of halogens is 1. The van der Waals surface area contributed by atoms with Crippen LogP contribution in [0.2, 0.25) is 0 Å². The maximum Gasteiger partial charge on any atom is 0.251 e. The number of hydrogen-bond donors (Lipinski definition) is 1. The Bertz CT molecular complexity index is 1200. The molecule has 33 heavy (non-hydrogen) atoms. The Hall–Kier alpha value is -3.04. The molecule has 3 rings (SSSR count). The Labute approximate surface area is 202 Å². The van der Waals surface area contributed by atoms with Gasteiger partial charge in [-0.2, -0.15) is 0 Å². The summed E-state index contributed by atoms with van der Waals surface area (Å²) in [5, 5.41) is 2.81. The predicted octanol–water partition coefficient (Wildman–Crippen LogP) is 4.23. The van der Waals surface area contributed by atoms with Crippen LogP contribution in [-0.4, -0.2) is 40.8 Å². The first-order chi connectivity index (χ1) is 15.8. The van der Waals surface area contributed by atoms with Gasteiger partial charge in [0.15, 0.2) is 11.5 Å². The van der Waals surface area contributed by atoms with Crippen LogP contribution in [0.3, 0.4) is 0 Å². The standard InChI is InChI=1S/C24H25BrN2O5S/c1-31-22-8-3-4-9-23(22)32-15-14-26-24(28)19-12-10-18(11-13-19)17-27(33(2,29)30)21-7-5-6-20(25)16-21/h3-13,16H,14-15,17H2,1-2H3,(H,26,28). The van der Waals surface area contributed by atoms with Crippen molar-refractivity contribution in [3.05, 3.63) is 88.4 Å². The molecule has 0 heterocycles. The minimum atomic E-state index is -3.49. The van der Waals surface area contributed by atoms with E-state index < -0.39 is 10.0 Å². The third-order valence-corrected chi connectivity index (χ3v) is 6.39. The molecule has 0 bridgehead atoms. The summed E-state index contributed by atoms with van der Waals surface area (Å²) in [6.07, 6.45) is 1.17. The van der Waals surface area contributed by atoms with Crippen molar-refractivity contribution in [2.24, 2.45) is 0 Å². The number of anilines is 1. The molecular formula is C24H25BrN2O5S. The summed E-state index contributed by atoms with van der Waals surface area (Å²) in [6, 6.07) is 21.2. The Morgan fingerprint density at radius 3 is 2.33 bits per heavy atom. The van der Waals surface area contributed by atoms with Crippen LogP contribution in [0.4, 0.5) is 5.69 Å². The Balaban J connectivity index is 1.58. The molecule has 3 aromatic carbocycles. The van der Waals surface area contributed by atoms with E-state index >= 15 is 0 Å². The number of benzene rings is 3. The van der Waals surface area contributed by atoms with Gasteiger partial charge in [-0.1, -0.05) is 46.3 Å². The molecule has 0 radical (unpaired) electrons. The van der Waals surface area contributed by atoms with Gasteiger partial charge in [-0.3, -0.25) is 9.10 Å². The van der Waals surface area contributed by atoms with Crippen LogP contribution >= 0.6 is 15.9 Å². The van der Waals surface area contributed by atoms with Crippen LogP contribution < -0.4 is 19.1 Å². The lowest BCUT2D eigenvalue weighted by molar-refractivity contribution is 0.0947. The van der Waals surface area contributed by atoms with E-state index in [2.05, 4.69) is 21.2 Å². The summed E-state index contributed by atoms with van der Waals surface area (Å²) in [5.41, 5.74) is 1.80. The maximum atomic E-state index is 12.4. The van der Waals surface area contributed by atoms with Gasteiger partial charge in [-0.15, -0.1) is 0 Å². The summed E-state index contributed by atoms with van der Waals surface area (Å²) < 4.78 is 37.7. The molecule has 0 saturated carbocycles. The van der Waals surface area contributed by atoms with E-state index in [0.717, 1.165) is 10.0 Å². The second-order valence-electron chi connectivity index (χ2n) is 7.20. The molecule has 3 aromatic rings. The SMILES string of the molecule is COc1ccccc1OCCNC(=O)c1ccc(CN(c2cccc(Br)c2)S(C)(=O)=O)cc1. The molecule has 0 saturated heterocycles. The lowest BCUT2D eigenvalue weighted by Gasteiger charge is -2.23. The van der Waals surface area contributed by atoms with Crippen LogP contribution in [-0.2, 0) is 16.6 Å². The summed E-state index contributed by atoms with van der Waals surface area (Å²) in [4.78, 5) is 12.4. The van der Waals surface area contributed by atoms with Gasteiger partial charge in [0, 0.05) is 10.0 Å². The lowest BCUT2D eigenvalue weighted by atomic mass is 10.1. The predicted molar refractivity (Wildman–Crippen MR) is 132 cm³/mol. The number of nitrogens with zero attached hydrogens (tertiary/aromatic N) is 1. The number of ether oxygens (including phenoxy) is 2. The second kappa shape index (κ2) is 11.2. The van der Waals surface area contributed by atoms with Gasteiger partial charge in [0.25, 0.3) is 5.91 Å². The highest BCUT2D eigenvalue weighted by Gasteiger charge is 2.18. The molecule has 0 atom stereocenters. The fourth-order valence-electron chi connectivity index (χ4n) is 3.12. The highest BCUT2D eigenvalue weighted by atomic mass is 79.9. The topological polar surface area (TPSA) is 84.9 Å². The van der Waals surface area contributed by atoms with E-state index in [1.165, 1.54) is 10.6 Å². The Morgan fingerprint density at radius 2 is 1.70 bits per heavy atom. The van der Waals surface area contributed by atoms with E-state index in [9.17, 15) is 13.2 Å². The Morgan fingerprint density at radius 1 is 1.00 bits per heavy atom. The zero-order valence-corrected chi connectivity index (χ0v) is 20.7. The first-order valence-electron chi connectivity index (χ1n) is 10.1. The molecule has 7 nitrogen and oxygen atoms in total. The first-order valence-corrected chi connectivity index (χ1v) is 12.8. The number of nitrogens with one attached hydrogen (secondary N) is 1. The molecule has 1 N–H and O–H groups in total. The van der Waals surface area contributed by atoms with Gasteiger partial charge < -0.3 is 14.8 Å². The van der Waals surface area contributed by atoms with E-state index in [4.69, 9.17) is 9.47 Å². The largest absolute Gasteiger partial charge is 0.493 e. The zero-order valence-electron chi connectivity index (χ0n) is 18.3. The van der Waals surface area contributed by atoms with Gasteiger partial charge in [0.1, 0.15) is 6.61 Å². The molecule has 174 valence electrons. The van der Waals surface area contributed by atoms with E-state index in [1.54, 1.807) is 61.7 Å². The molecule has 1 amide bonds. The zero-order chi connectivity index (χ0) is 23.8. The molecule has 0 aliphatic rings. The van der Waals surface area contributed by atoms with Crippen LogP contribution in [0, 0.1) is 0 Å². The highest BCUT2D eigenvalue weighted by molar-refractivity contribution is 9.10. The quantitative estimate of drug-likeness (QED) is 0.395. The fraction of sp³-hybridized carbons (Fsp3) is 0.208. The van der Waals surface area contributed by atoms with Crippen LogP contribution in [0.25, 0.3) is 0 Å². The van der Waals surface area contributed by atoms with Crippen molar-refractivity contribution >= 4 is 37.5 Å². The molecule has 0 spiro atoms. The summed E-state index contributed by atoms with van der Waals surface area (Å²) >= 11 is 3.37. The number of sulfonamides is 1. The van der Waals surface area contributed by atoms with Crippen molar-refractivity contribution < 1.29 is 22.7 Å². The number of methoxy groups -OCH3 is 1. The third-order valence-electron chi connectivity index (χ3n) is 4.75. The van der Waals surface area contributed by atoms with Crippen molar-refractivity contribution in [1.29, 1.82) is 0 Å². The number of para-hydroxylation sites is 2. The summed E-state index contributed by atoms with van der Waals surface area (Å²) in [7, 11) is -1.92. The van der Waals surface area contributed by atoms with Crippen LogP contribution in [0.15, 0.2) is 77.3 Å². The fourth-order valence-corrected chi connectivity index (χ4v) is 4.39. The van der Waals surface area contributed by atoms with Crippen molar-refractivity contribution in [3.63, 3.8) is 0 Å². The number of carbonyl (C=O) groups excluding carboxylic acids is 1. The van der Waals surface area contributed by atoms with Gasteiger partial charge >= 0.3 is 0 Å². The smallest absolute Gasteiger partial charge is 0.251 e. The van der Waals surface area contributed by atoms with Gasteiger partial charge in [0.2, 0.25) is 10.0 Å². The van der Waals surface area contributed by atoms with Crippen LogP contribution in [0.1, 0.15) is 15.9 Å². The summed E-state index contributed by atoms with van der Waals surface area (Å²) in [5.74, 6) is 1.00. The van der Waals surface area contributed by atoms with Gasteiger partial charge in [-0.05, 0) is 48.0 Å². The average Bonchev–Trinajstić information content (AvgIpc) is 2.80. The second-order valence-corrected chi connectivity index (χ2v) is 10.0. The molecular weight excluding hydrogens is 508 g/mol. The van der Waals surface area contributed by atoms with Crippen molar-refractivity contribution in [3.8, 4) is 11.5 Å². The molecule has 0 aliphatic heterocycles. The minimum absolute atomic E-state index is 0.157. The minimum Gasteiger partial charge on any atom is -0.493 e. The summed E-state index contributed by atoms with van der Waals surface area (Å²) in [6.45, 7) is 0.771. The molecule has 0 aliphatic carbocycles. The maximum absolute atomic E-state index is 12.4. The molecule has 0 unspecified atom stereocenters. The van der Waals surface area contributed by atoms with Crippen molar-refractivity contribution in [2.45, 2.75) is 6.54 Å². The van der Waals surface area contributed by atoms with Crippen molar-refractivity contribution in [2.75, 3.05) is 30.8 Å². The van der Waals surface area contributed by atoms with Gasteiger partial charge in [0.05, 0.1) is 32.1 Å². The monoisotopic (exact) mass is 532 g/mol. The van der Waals surface area contributed by atoms with Crippen LogP contribution in [0.5, 0.6) is 11.5 Å². The average molecular weight is 533 g/mol. The number of hydrogen-bond acceptors (Lipinski definition) is 5. The molecule has 0 aromatic heterocycles. The van der Waals surface area contributed by atoms with E-state index in [1.807, 2.05) is 18.2 Å². The van der Waals surface area contributed by atoms with Gasteiger partial charge in [-0.25, -0.2) is 8.42 Å². The number of rotatable bonds is 10. The molecule has 0 fully saturated rings. The number of carbonyl (C=O) groups is 1.